The molecule has 0 N–H and O–H groups in total. The number of hydrogen-bond donors (Lipinski definition) is 0. The predicted molar refractivity (Wildman–Crippen MR) is 56.5 cm³/mol. The molecule has 5 heteroatoms. The van der Waals surface area contributed by atoms with Crippen molar-refractivity contribution >= 4 is 41.1 Å². The summed E-state index contributed by atoms with van der Waals surface area (Å²) in [5.74, 6) is 0. The van der Waals surface area contributed by atoms with Crippen molar-refractivity contribution in [3.63, 3.8) is 0 Å². The Hall–Kier alpha value is 0.260. The highest BCUT2D eigenvalue weighted by atomic mass is 79.9. The molecule has 12 heavy (non-hydrogen) atoms. The molecule has 0 aromatic rings. The molecule has 1 heterocycles. The Morgan fingerprint density at radius 2 is 1.75 bits per heavy atom. The van der Waals surface area contributed by atoms with Gasteiger partial charge in [0.2, 0.25) is 9.24 Å². The monoisotopic (exact) mass is 294 g/mol. The first-order chi connectivity index (χ1) is 5.62. The van der Waals surface area contributed by atoms with Crippen LogP contribution in [0.25, 0.3) is 0 Å². The van der Waals surface area contributed by atoms with Gasteiger partial charge in [0.1, 0.15) is 13.1 Å². The van der Waals surface area contributed by atoms with E-state index in [0.29, 0.717) is 10.7 Å². The molecular weight excluding hydrogens is 286 g/mol. The minimum absolute atomic E-state index is 0.473. The summed E-state index contributed by atoms with van der Waals surface area (Å²) < 4.78 is 2.13. The molecule has 0 amide bonds. The van der Waals surface area contributed by atoms with E-state index >= 15 is 0 Å². The zero-order valence-electron chi connectivity index (χ0n) is 6.80. The van der Waals surface area contributed by atoms with Crippen LogP contribution in [-0.2, 0) is 0 Å². The molecule has 1 aliphatic carbocycles. The molecule has 0 bridgehead atoms. The van der Waals surface area contributed by atoms with E-state index in [2.05, 4.69) is 42.1 Å². The fourth-order valence-electron chi connectivity index (χ4n) is 1.50. The Bertz CT molecular complexity index is 250. The van der Waals surface area contributed by atoms with E-state index in [-0.39, 0.29) is 0 Å². The lowest BCUT2D eigenvalue weighted by molar-refractivity contribution is -0.949. The Balaban J connectivity index is 2.23. The molecule has 0 atom stereocenters. The van der Waals surface area contributed by atoms with Crippen LogP contribution < -0.4 is 0 Å². The first kappa shape index (κ1) is 8.84. The molecule has 66 valence electrons. The zero-order valence-corrected chi connectivity index (χ0v) is 9.97. The van der Waals surface area contributed by atoms with Gasteiger partial charge in [-0.25, -0.2) is 0 Å². The quantitative estimate of drug-likeness (QED) is 0.664. The maximum Gasteiger partial charge on any atom is 0.202 e. The van der Waals surface area contributed by atoms with Gasteiger partial charge in [0, 0.05) is 12.8 Å². The smallest absolute Gasteiger partial charge is 0.0754 e. The summed E-state index contributed by atoms with van der Waals surface area (Å²) in [6.45, 7) is 0. The van der Waals surface area contributed by atoms with Gasteiger partial charge in [-0.05, 0) is 48.5 Å². The maximum atomic E-state index is 4.44. The highest BCUT2D eigenvalue weighted by Gasteiger charge is 2.42. The summed E-state index contributed by atoms with van der Waals surface area (Å²) in [5, 5.41) is 8.89. The normalized spacial score (nSPS) is 27.9. The second-order valence-corrected chi connectivity index (χ2v) is 4.85. The van der Waals surface area contributed by atoms with Crippen molar-refractivity contribution in [2.24, 2.45) is 10.2 Å². The second kappa shape index (κ2) is 2.89. The van der Waals surface area contributed by atoms with Crippen LogP contribution in [0.5, 0.6) is 0 Å². The average molecular weight is 296 g/mol. The number of nitrogens with zero attached hydrogens (tertiary/aromatic N) is 3. The number of quaternary nitrogens is 1. The Morgan fingerprint density at radius 3 is 2.08 bits per heavy atom. The summed E-state index contributed by atoms with van der Waals surface area (Å²) in [5.41, 5.74) is 0. The van der Waals surface area contributed by atoms with Gasteiger partial charge in [0.15, 0.2) is 0 Å². The highest BCUT2D eigenvalue weighted by molar-refractivity contribution is 9.25. The van der Waals surface area contributed by atoms with Gasteiger partial charge in [-0.15, -0.1) is 0 Å². The van der Waals surface area contributed by atoms with Crippen LogP contribution in [0.15, 0.2) is 10.2 Å². The van der Waals surface area contributed by atoms with Crippen molar-refractivity contribution in [1.82, 2.24) is 0 Å². The maximum absolute atomic E-state index is 4.44. The second-order valence-electron chi connectivity index (χ2n) is 3.34. The van der Waals surface area contributed by atoms with Gasteiger partial charge in [0.05, 0.1) is 0 Å². The molecule has 0 unspecified atom stereocenters. The Labute approximate surface area is 88.4 Å². The predicted octanol–water partition coefficient (Wildman–Crippen LogP) is 2.42. The summed E-state index contributed by atoms with van der Waals surface area (Å²) in [7, 11) is 2.04. The molecule has 0 aromatic carbocycles. The molecular formula is C7H10Br2N3+. The van der Waals surface area contributed by atoms with E-state index in [0.717, 1.165) is 9.24 Å². The lowest BCUT2D eigenvalue weighted by Crippen LogP contribution is -2.46. The summed E-state index contributed by atoms with van der Waals surface area (Å²) in [4.78, 5) is 0. The minimum Gasteiger partial charge on any atom is -0.0754 e. The number of rotatable bonds is 1. The summed E-state index contributed by atoms with van der Waals surface area (Å²) in [6, 6.07) is 0.590. The Kier molecular flexibility index (Phi) is 2.13. The van der Waals surface area contributed by atoms with Crippen LogP contribution in [0.2, 0.25) is 0 Å². The topological polar surface area (TPSA) is 24.7 Å². The fraction of sp³-hybridized carbons (Fsp3) is 0.714. The first-order valence-electron chi connectivity index (χ1n) is 4.00. The number of hydrogen-bond acceptors (Lipinski definition) is 2. The van der Waals surface area contributed by atoms with Gasteiger partial charge >= 0.3 is 0 Å². The van der Waals surface area contributed by atoms with Gasteiger partial charge < -0.3 is 0 Å². The minimum atomic E-state index is 0.473. The van der Waals surface area contributed by atoms with Gasteiger partial charge in [-0.2, -0.15) is 0 Å². The van der Waals surface area contributed by atoms with E-state index in [1.807, 2.05) is 7.05 Å². The standard InChI is InChI=1S/C7H10Br2N3/c1-12(5-3-2-4-5)10-6(8)7(9)11-12/h5H,2-4H2,1H3/q+1. The SMILES string of the molecule is C[N+]1(C2CCC2)N=C(Br)C(Br)=N1. The van der Waals surface area contributed by atoms with Crippen LogP contribution in [0.3, 0.4) is 0 Å². The third-order valence-corrected chi connectivity index (χ3v) is 4.12. The molecule has 1 aliphatic heterocycles. The number of halogens is 2. The lowest BCUT2D eigenvalue weighted by atomic mass is 9.92. The van der Waals surface area contributed by atoms with E-state index in [4.69, 9.17) is 0 Å². The molecule has 0 spiro atoms. The van der Waals surface area contributed by atoms with E-state index < -0.39 is 0 Å². The lowest BCUT2D eigenvalue weighted by Gasteiger charge is -2.33. The zero-order chi connectivity index (χ0) is 8.77. The van der Waals surface area contributed by atoms with Gasteiger partial charge in [0.25, 0.3) is 0 Å². The largest absolute Gasteiger partial charge is 0.202 e. The van der Waals surface area contributed by atoms with Crippen LogP contribution in [0, 0.1) is 0 Å². The molecule has 2 aliphatic rings. The van der Waals surface area contributed by atoms with Crippen molar-refractivity contribution in [2.75, 3.05) is 7.05 Å². The van der Waals surface area contributed by atoms with Crippen molar-refractivity contribution < 1.29 is 4.70 Å². The van der Waals surface area contributed by atoms with Crippen molar-refractivity contribution in [1.29, 1.82) is 0 Å². The molecule has 1 fully saturated rings. The summed E-state index contributed by atoms with van der Waals surface area (Å²) in [6.07, 6.45) is 3.80. The van der Waals surface area contributed by atoms with E-state index in [1.54, 1.807) is 0 Å². The molecule has 3 nitrogen and oxygen atoms in total. The van der Waals surface area contributed by atoms with Crippen molar-refractivity contribution in [3.05, 3.63) is 0 Å². The molecule has 2 rings (SSSR count). The van der Waals surface area contributed by atoms with Crippen molar-refractivity contribution in [3.8, 4) is 0 Å². The third-order valence-electron chi connectivity index (χ3n) is 2.52. The Morgan fingerprint density at radius 1 is 1.25 bits per heavy atom. The van der Waals surface area contributed by atoms with E-state index in [1.165, 1.54) is 19.3 Å². The molecule has 1 saturated carbocycles. The highest BCUT2D eigenvalue weighted by Crippen LogP contribution is 2.34. The van der Waals surface area contributed by atoms with Gasteiger partial charge in [-0.1, -0.05) is 4.70 Å². The first-order valence-corrected chi connectivity index (χ1v) is 5.58. The van der Waals surface area contributed by atoms with Crippen LogP contribution in [-0.4, -0.2) is 27.0 Å². The average Bonchev–Trinajstić information content (AvgIpc) is 2.02. The van der Waals surface area contributed by atoms with Gasteiger partial charge in [-0.3, -0.25) is 0 Å². The van der Waals surface area contributed by atoms with Crippen LogP contribution in [0.4, 0.5) is 0 Å². The van der Waals surface area contributed by atoms with Crippen LogP contribution >= 0.6 is 31.9 Å². The van der Waals surface area contributed by atoms with Crippen molar-refractivity contribution in [2.45, 2.75) is 25.3 Å². The fourth-order valence-corrected chi connectivity index (χ4v) is 2.30. The third kappa shape index (κ3) is 1.28. The molecule has 0 aromatic heterocycles. The van der Waals surface area contributed by atoms with E-state index in [9.17, 15) is 0 Å². The molecule has 0 saturated heterocycles. The summed E-state index contributed by atoms with van der Waals surface area (Å²) >= 11 is 6.72. The van der Waals surface area contributed by atoms with Crippen LogP contribution in [0.1, 0.15) is 19.3 Å². The molecule has 0 radical (unpaired) electrons.